The van der Waals surface area contributed by atoms with Crippen LogP contribution in [0.3, 0.4) is 0 Å². The molecule has 1 atom stereocenters. The van der Waals surface area contributed by atoms with Gasteiger partial charge in [-0.2, -0.15) is 5.10 Å². The Kier molecular flexibility index (Phi) is 4.04. The Bertz CT molecular complexity index is 371. The van der Waals surface area contributed by atoms with E-state index in [0.29, 0.717) is 12.3 Å². The fraction of sp³-hybridized carbons (Fsp3) is 0.727. The predicted molar refractivity (Wildman–Crippen MR) is 60.2 cm³/mol. The van der Waals surface area contributed by atoms with Crippen LogP contribution in [-0.2, 0) is 18.3 Å². The van der Waals surface area contributed by atoms with Crippen molar-refractivity contribution in [1.82, 2.24) is 14.8 Å². The second kappa shape index (κ2) is 5.09. The van der Waals surface area contributed by atoms with Crippen molar-refractivity contribution in [3.63, 3.8) is 0 Å². The Labute approximate surface area is 95.5 Å². The summed E-state index contributed by atoms with van der Waals surface area (Å²) in [6.07, 6.45) is 0.826. The van der Waals surface area contributed by atoms with Crippen LogP contribution in [0.1, 0.15) is 44.8 Å². The Balaban J connectivity index is 2.69. The number of rotatable bonds is 5. The molecule has 0 aromatic carbocycles. The maximum Gasteiger partial charge on any atom is 0.303 e. The third-order valence-corrected chi connectivity index (χ3v) is 2.44. The maximum atomic E-state index is 10.6. The topological polar surface area (TPSA) is 68.0 Å². The van der Waals surface area contributed by atoms with E-state index in [1.165, 1.54) is 0 Å². The summed E-state index contributed by atoms with van der Waals surface area (Å²) in [5.41, 5.74) is 0. The molecule has 0 aliphatic carbocycles. The summed E-state index contributed by atoms with van der Waals surface area (Å²) < 4.78 is 1.74. The zero-order valence-electron chi connectivity index (χ0n) is 10.3. The molecule has 1 aromatic heterocycles. The molecule has 1 heterocycles. The molecule has 1 rings (SSSR count). The lowest BCUT2D eigenvalue weighted by Gasteiger charge is -2.06. The molecule has 0 spiro atoms. The van der Waals surface area contributed by atoms with Gasteiger partial charge in [-0.15, -0.1) is 0 Å². The Morgan fingerprint density at radius 3 is 2.50 bits per heavy atom. The predicted octanol–water partition coefficient (Wildman–Crippen LogP) is 1.59. The highest BCUT2D eigenvalue weighted by molar-refractivity contribution is 5.66. The first-order valence-electron chi connectivity index (χ1n) is 5.51. The Morgan fingerprint density at radius 1 is 1.44 bits per heavy atom. The minimum absolute atomic E-state index is 0.0837. The lowest BCUT2D eigenvalue weighted by Crippen LogP contribution is -2.10. The van der Waals surface area contributed by atoms with Gasteiger partial charge in [0.15, 0.2) is 5.82 Å². The number of aryl methyl sites for hydroxylation is 1. The van der Waals surface area contributed by atoms with Crippen molar-refractivity contribution in [1.29, 1.82) is 0 Å². The molecule has 1 N–H and O–H groups in total. The molecule has 0 aliphatic rings. The van der Waals surface area contributed by atoms with Crippen molar-refractivity contribution in [3.05, 3.63) is 11.6 Å². The highest BCUT2D eigenvalue weighted by Gasteiger charge is 2.14. The first kappa shape index (κ1) is 12.7. The molecule has 0 radical (unpaired) electrons. The molecular formula is C11H19N3O2. The van der Waals surface area contributed by atoms with Gasteiger partial charge in [0.1, 0.15) is 5.82 Å². The summed E-state index contributed by atoms with van der Waals surface area (Å²) in [7, 11) is 1.85. The maximum absolute atomic E-state index is 10.6. The first-order chi connectivity index (χ1) is 7.40. The smallest absolute Gasteiger partial charge is 0.303 e. The fourth-order valence-corrected chi connectivity index (χ4v) is 1.54. The van der Waals surface area contributed by atoms with Crippen molar-refractivity contribution in [2.75, 3.05) is 0 Å². The van der Waals surface area contributed by atoms with Crippen LogP contribution >= 0.6 is 0 Å². The van der Waals surface area contributed by atoms with Gasteiger partial charge in [0.2, 0.25) is 0 Å². The van der Waals surface area contributed by atoms with E-state index in [9.17, 15) is 4.79 Å². The number of carboxylic acids is 1. The molecule has 90 valence electrons. The van der Waals surface area contributed by atoms with Crippen LogP contribution in [0.4, 0.5) is 0 Å². The van der Waals surface area contributed by atoms with E-state index in [-0.39, 0.29) is 12.3 Å². The quantitative estimate of drug-likeness (QED) is 0.826. The standard InChI is InChI=1S/C11H19N3O2/c1-7(2)11-12-9(14(4)13-11)5-8(3)6-10(15)16/h7-8H,5-6H2,1-4H3,(H,15,16). The normalized spacial score (nSPS) is 13.1. The molecule has 0 aliphatic heterocycles. The van der Waals surface area contributed by atoms with E-state index in [4.69, 9.17) is 5.11 Å². The van der Waals surface area contributed by atoms with Crippen LogP contribution in [-0.4, -0.2) is 25.8 Å². The Morgan fingerprint density at radius 2 is 2.06 bits per heavy atom. The van der Waals surface area contributed by atoms with Crippen LogP contribution in [0.5, 0.6) is 0 Å². The Hall–Kier alpha value is -1.39. The lowest BCUT2D eigenvalue weighted by molar-refractivity contribution is -0.137. The molecule has 0 saturated carbocycles. The summed E-state index contributed by atoms with van der Waals surface area (Å²) in [4.78, 5) is 15.0. The molecule has 0 fully saturated rings. The summed E-state index contributed by atoms with van der Waals surface area (Å²) in [5, 5.41) is 13.0. The zero-order valence-corrected chi connectivity index (χ0v) is 10.3. The number of carboxylic acid groups (broad SMARTS) is 1. The molecule has 0 bridgehead atoms. The molecule has 1 unspecified atom stereocenters. The van der Waals surface area contributed by atoms with Gasteiger partial charge in [0.25, 0.3) is 0 Å². The van der Waals surface area contributed by atoms with Crippen LogP contribution in [0, 0.1) is 5.92 Å². The van der Waals surface area contributed by atoms with Crippen LogP contribution in [0.15, 0.2) is 0 Å². The van der Waals surface area contributed by atoms with E-state index >= 15 is 0 Å². The average Bonchev–Trinajstić information content (AvgIpc) is 2.46. The number of aliphatic carboxylic acids is 1. The summed E-state index contributed by atoms with van der Waals surface area (Å²) >= 11 is 0. The third-order valence-electron chi connectivity index (χ3n) is 2.44. The van der Waals surface area contributed by atoms with E-state index in [2.05, 4.69) is 10.1 Å². The molecule has 16 heavy (non-hydrogen) atoms. The second-order valence-corrected chi connectivity index (χ2v) is 4.57. The van der Waals surface area contributed by atoms with Crippen molar-refractivity contribution < 1.29 is 9.90 Å². The fourth-order valence-electron chi connectivity index (χ4n) is 1.54. The first-order valence-corrected chi connectivity index (χ1v) is 5.51. The summed E-state index contributed by atoms with van der Waals surface area (Å²) in [5.74, 6) is 1.30. The highest BCUT2D eigenvalue weighted by Crippen LogP contribution is 2.13. The van der Waals surface area contributed by atoms with Gasteiger partial charge >= 0.3 is 5.97 Å². The summed E-state index contributed by atoms with van der Waals surface area (Å²) in [6.45, 7) is 6.00. The number of carbonyl (C=O) groups is 1. The molecule has 1 aromatic rings. The van der Waals surface area contributed by atoms with Gasteiger partial charge in [-0.1, -0.05) is 20.8 Å². The van der Waals surface area contributed by atoms with Crippen molar-refractivity contribution >= 4 is 5.97 Å². The molecule has 0 saturated heterocycles. The highest BCUT2D eigenvalue weighted by atomic mass is 16.4. The van der Waals surface area contributed by atoms with Gasteiger partial charge in [0, 0.05) is 25.8 Å². The van der Waals surface area contributed by atoms with Crippen molar-refractivity contribution in [3.8, 4) is 0 Å². The van der Waals surface area contributed by atoms with Gasteiger partial charge in [-0.05, 0) is 5.92 Å². The lowest BCUT2D eigenvalue weighted by atomic mass is 10.0. The van der Waals surface area contributed by atoms with Crippen LogP contribution in [0.25, 0.3) is 0 Å². The molecular weight excluding hydrogens is 206 g/mol. The van der Waals surface area contributed by atoms with Gasteiger partial charge in [-0.25, -0.2) is 4.98 Å². The third kappa shape index (κ3) is 3.32. The van der Waals surface area contributed by atoms with Gasteiger partial charge in [-0.3, -0.25) is 9.48 Å². The van der Waals surface area contributed by atoms with Gasteiger partial charge in [0.05, 0.1) is 0 Å². The number of hydrogen-bond donors (Lipinski definition) is 1. The van der Waals surface area contributed by atoms with E-state index in [0.717, 1.165) is 11.6 Å². The second-order valence-electron chi connectivity index (χ2n) is 4.57. The number of hydrogen-bond acceptors (Lipinski definition) is 3. The largest absolute Gasteiger partial charge is 0.481 e. The van der Waals surface area contributed by atoms with E-state index in [1.807, 2.05) is 27.8 Å². The molecule has 5 heteroatoms. The van der Waals surface area contributed by atoms with E-state index in [1.54, 1.807) is 4.68 Å². The number of aromatic nitrogens is 3. The summed E-state index contributed by atoms with van der Waals surface area (Å²) in [6, 6.07) is 0. The zero-order chi connectivity index (χ0) is 12.3. The van der Waals surface area contributed by atoms with Gasteiger partial charge < -0.3 is 5.11 Å². The van der Waals surface area contributed by atoms with E-state index < -0.39 is 5.97 Å². The monoisotopic (exact) mass is 225 g/mol. The van der Waals surface area contributed by atoms with Crippen molar-refractivity contribution in [2.24, 2.45) is 13.0 Å². The van der Waals surface area contributed by atoms with Crippen LogP contribution < -0.4 is 0 Å². The minimum atomic E-state index is -0.765. The van der Waals surface area contributed by atoms with Crippen LogP contribution in [0.2, 0.25) is 0 Å². The van der Waals surface area contributed by atoms with Crippen molar-refractivity contribution in [2.45, 2.75) is 39.5 Å². The minimum Gasteiger partial charge on any atom is -0.481 e. The number of nitrogens with zero attached hydrogens (tertiary/aromatic N) is 3. The SMILES string of the molecule is CC(CC(=O)O)Cc1nc(C(C)C)nn1C. The average molecular weight is 225 g/mol. The molecule has 0 amide bonds. The molecule has 5 nitrogen and oxygen atoms in total.